The molecule has 45 heavy (non-hydrogen) atoms. The first-order chi connectivity index (χ1) is 21.5. The van der Waals surface area contributed by atoms with E-state index in [1.165, 1.54) is 13.2 Å². The minimum Gasteiger partial charge on any atom is -0.465 e. The normalized spacial score (nSPS) is 18.1. The number of carbonyl (C=O) groups excluding carboxylic acids is 2. The van der Waals surface area contributed by atoms with E-state index in [1.807, 2.05) is 44.0 Å². The van der Waals surface area contributed by atoms with Gasteiger partial charge in [0.15, 0.2) is 0 Å². The Morgan fingerprint density at radius 1 is 1.13 bits per heavy atom. The second kappa shape index (κ2) is 12.1. The van der Waals surface area contributed by atoms with Gasteiger partial charge in [-0.25, -0.2) is 19.2 Å². The molecule has 0 radical (unpaired) electrons. The van der Waals surface area contributed by atoms with Gasteiger partial charge < -0.3 is 23.8 Å². The van der Waals surface area contributed by atoms with E-state index in [9.17, 15) is 14.0 Å². The third kappa shape index (κ3) is 5.89. The number of esters is 1. The Hall–Kier alpha value is -4.02. The van der Waals surface area contributed by atoms with Crippen molar-refractivity contribution in [1.82, 2.24) is 19.4 Å². The number of rotatable bonds is 6. The summed E-state index contributed by atoms with van der Waals surface area (Å²) < 4.78 is 27.0. The Morgan fingerprint density at radius 2 is 1.93 bits per heavy atom. The highest BCUT2D eigenvalue weighted by molar-refractivity contribution is 6.30. The van der Waals surface area contributed by atoms with Crippen molar-refractivity contribution >= 4 is 40.3 Å². The molecule has 236 valence electrons. The topological polar surface area (TPSA) is 89.8 Å². The van der Waals surface area contributed by atoms with Crippen LogP contribution in [0.15, 0.2) is 42.6 Å². The molecule has 0 spiro atoms. The van der Waals surface area contributed by atoms with Crippen LogP contribution in [0.2, 0.25) is 5.02 Å². The molecule has 0 unspecified atom stereocenters. The zero-order chi connectivity index (χ0) is 32.0. The first-order valence-electron chi connectivity index (χ1n) is 15.1. The van der Waals surface area contributed by atoms with Gasteiger partial charge in [-0.3, -0.25) is 4.79 Å². The second-order valence-electron chi connectivity index (χ2n) is 12.6. The van der Waals surface area contributed by atoms with Gasteiger partial charge in [-0.1, -0.05) is 17.7 Å². The number of fused-ring (bicyclic) bond motifs is 1. The molecule has 2 fully saturated rings. The number of nitrogens with zero attached hydrogens (tertiary/aromatic N) is 5. The molecule has 2 saturated heterocycles. The van der Waals surface area contributed by atoms with Crippen molar-refractivity contribution < 1.29 is 23.5 Å². The van der Waals surface area contributed by atoms with Crippen LogP contribution in [-0.4, -0.2) is 76.8 Å². The third-order valence-electron chi connectivity index (χ3n) is 8.90. The van der Waals surface area contributed by atoms with Gasteiger partial charge in [0, 0.05) is 55.9 Å². The zero-order valence-electron chi connectivity index (χ0n) is 26.2. The van der Waals surface area contributed by atoms with Crippen LogP contribution < -0.4 is 4.90 Å². The van der Waals surface area contributed by atoms with Gasteiger partial charge in [0.25, 0.3) is 5.91 Å². The third-order valence-corrected chi connectivity index (χ3v) is 9.20. The summed E-state index contributed by atoms with van der Waals surface area (Å²) in [5.74, 6) is 0.0436. The molecule has 2 aliphatic rings. The SMILES string of the molecule is COC(=O)c1c(C)cc(N2CCN(C(=O)c3ccc4c(-c5ccc(Cl)c(F)c5)cn(C[C@H]5CCOC5)c4n3)C(C)(C)C2)nc1C. The maximum Gasteiger partial charge on any atom is 0.339 e. The predicted molar refractivity (Wildman–Crippen MR) is 171 cm³/mol. The fraction of sp³-hybridized carbons (Fsp3) is 0.412. The molecule has 0 bridgehead atoms. The average Bonchev–Trinajstić information content (AvgIpc) is 3.65. The lowest BCUT2D eigenvalue weighted by atomic mass is 9.97. The van der Waals surface area contributed by atoms with E-state index in [4.69, 9.17) is 31.0 Å². The first-order valence-corrected chi connectivity index (χ1v) is 15.5. The Morgan fingerprint density at radius 3 is 2.60 bits per heavy atom. The molecule has 9 nitrogen and oxygen atoms in total. The summed E-state index contributed by atoms with van der Waals surface area (Å²) in [6, 6.07) is 10.3. The van der Waals surface area contributed by atoms with Crippen LogP contribution in [0.4, 0.5) is 10.2 Å². The lowest BCUT2D eigenvalue weighted by Crippen LogP contribution is -2.61. The van der Waals surface area contributed by atoms with E-state index < -0.39 is 17.3 Å². The van der Waals surface area contributed by atoms with Crippen LogP contribution in [0.5, 0.6) is 0 Å². The number of amides is 1. The summed E-state index contributed by atoms with van der Waals surface area (Å²) in [6.07, 6.45) is 2.93. The number of pyridine rings is 2. The van der Waals surface area contributed by atoms with E-state index in [2.05, 4.69) is 9.47 Å². The highest BCUT2D eigenvalue weighted by atomic mass is 35.5. The van der Waals surface area contributed by atoms with Crippen molar-refractivity contribution in [3.8, 4) is 11.1 Å². The van der Waals surface area contributed by atoms with Crippen molar-refractivity contribution in [2.24, 2.45) is 5.92 Å². The molecular formula is C34H37ClFN5O4. The number of halogens is 2. The zero-order valence-corrected chi connectivity index (χ0v) is 26.9. The maximum atomic E-state index is 14.4. The van der Waals surface area contributed by atoms with E-state index in [-0.39, 0.29) is 10.9 Å². The van der Waals surface area contributed by atoms with Crippen molar-refractivity contribution in [2.75, 3.05) is 44.9 Å². The number of hydrogen-bond acceptors (Lipinski definition) is 7. The number of anilines is 1. The number of ether oxygens (including phenoxy) is 2. The van der Waals surface area contributed by atoms with Crippen molar-refractivity contribution in [3.05, 3.63) is 75.9 Å². The van der Waals surface area contributed by atoms with Gasteiger partial charge >= 0.3 is 5.97 Å². The molecule has 0 saturated carbocycles. The fourth-order valence-corrected chi connectivity index (χ4v) is 6.69. The summed E-state index contributed by atoms with van der Waals surface area (Å²) in [6.45, 7) is 11.4. The van der Waals surface area contributed by atoms with Crippen molar-refractivity contribution in [2.45, 2.75) is 46.2 Å². The molecular weight excluding hydrogens is 597 g/mol. The molecule has 0 N–H and O–H groups in total. The number of carbonyl (C=O) groups is 2. The van der Waals surface area contributed by atoms with E-state index in [0.717, 1.165) is 35.4 Å². The van der Waals surface area contributed by atoms with Gasteiger partial charge in [0.1, 0.15) is 23.0 Å². The van der Waals surface area contributed by atoms with Crippen LogP contribution in [0, 0.1) is 25.6 Å². The number of benzene rings is 1. The second-order valence-corrected chi connectivity index (χ2v) is 13.0. The van der Waals surface area contributed by atoms with E-state index >= 15 is 0 Å². The molecule has 3 aromatic heterocycles. The van der Waals surface area contributed by atoms with Gasteiger partial charge in [-0.15, -0.1) is 0 Å². The lowest BCUT2D eigenvalue weighted by molar-refractivity contribution is 0.0506. The van der Waals surface area contributed by atoms with Gasteiger partial charge in [0.05, 0.1) is 35.5 Å². The lowest BCUT2D eigenvalue weighted by Gasteiger charge is -2.47. The van der Waals surface area contributed by atoms with Gasteiger partial charge in [0.2, 0.25) is 0 Å². The van der Waals surface area contributed by atoms with Crippen LogP contribution in [0.3, 0.4) is 0 Å². The Balaban J connectivity index is 1.29. The summed E-state index contributed by atoms with van der Waals surface area (Å²) in [5.41, 5.74) is 3.90. The van der Waals surface area contributed by atoms with Crippen molar-refractivity contribution in [3.63, 3.8) is 0 Å². The number of aryl methyl sites for hydroxylation is 2. The number of hydrogen-bond donors (Lipinski definition) is 0. The summed E-state index contributed by atoms with van der Waals surface area (Å²) in [4.78, 5) is 39.9. The quantitative estimate of drug-likeness (QED) is 0.238. The first kappa shape index (κ1) is 31.0. The number of piperazine rings is 1. The molecule has 11 heteroatoms. The minimum absolute atomic E-state index is 0.0681. The molecule has 4 aromatic rings. The maximum absolute atomic E-state index is 14.4. The molecule has 2 aliphatic heterocycles. The number of aromatic nitrogens is 3. The minimum atomic E-state index is -0.536. The van der Waals surface area contributed by atoms with Gasteiger partial charge in [-0.05, 0) is 75.6 Å². The van der Waals surface area contributed by atoms with Crippen LogP contribution in [-0.2, 0) is 16.0 Å². The highest BCUT2D eigenvalue weighted by Crippen LogP contribution is 2.34. The number of methoxy groups -OCH3 is 1. The van der Waals surface area contributed by atoms with Gasteiger partial charge in [-0.2, -0.15) is 0 Å². The Kier molecular flexibility index (Phi) is 8.30. The van der Waals surface area contributed by atoms with E-state index in [1.54, 1.807) is 25.1 Å². The molecule has 5 heterocycles. The smallest absolute Gasteiger partial charge is 0.339 e. The largest absolute Gasteiger partial charge is 0.465 e. The van der Waals surface area contributed by atoms with E-state index in [0.29, 0.717) is 66.9 Å². The molecule has 1 atom stereocenters. The summed E-state index contributed by atoms with van der Waals surface area (Å²) >= 11 is 5.97. The van der Waals surface area contributed by atoms with Crippen LogP contribution >= 0.6 is 11.6 Å². The molecule has 1 aromatic carbocycles. The van der Waals surface area contributed by atoms with Crippen LogP contribution in [0.25, 0.3) is 22.2 Å². The Bertz CT molecular complexity index is 1780. The average molecular weight is 634 g/mol. The molecule has 6 rings (SSSR count). The predicted octanol–water partition coefficient (Wildman–Crippen LogP) is 6.07. The summed E-state index contributed by atoms with van der Waals surface area (Å²) in [5, 5.41) is 0.905. The fourth-order valence-electron chi connectivity index (χ4n) is 6.57. The molecule has 1 amide bonds. The Labute approximate surface area is 266 Å². The van der Waals surface area contributed by atoms with Crippen molar-refractivity contribution in [1.29, 1.82) is 0 Å². The standard InChI is InChI=1S/C34H37ClFN5O4/c1-20-14-29(37-21(2)30(20)33(43)44-5)39-11-12-41(34(3,4)19-39)32(42)28-9-7-24-25(23-6-8-26(35)27(36)15-23)17-40(31(24)38-28)16-22-10-13-45-18-22/h6-9,14-15,17,22H,10-13,16,18-19H2,1-5H3/t22-/m1/s1. The molecule has 0 aliphatic carbocycles. The van der Waals surface area contributed by atoms with Crippen LogP contribution in [0.1, 0.15) is 52.4 Å². The monoisotopic (exact) mass is 633 g/mol. The highest BCUT2D eigenvalue weighted by Gasteiger charge is 2.38. The summed E-state index contributed by atoms with van der Waals surface area (Å²) in [7, 11) is 1.36.